The summed E-state index contributed by atoms with van der Waals surface area (Å²) in [6.45, 7) is 4.10. The number of aryl methyl sites for hydroxylation is 1. The number of pyridine rings is 1. The van der Waals surface area contributed by atoms with Gasteiger partial charge in [-0.3, -0.25) is 4.98 Å². The molecule has 1 aliphatic rings. The lowest BCUT2D eigenvalue weighted by Gasteiger charge is -2.24. The molecule has 0 radical (unpaired) electrons. The minimum atomic E-state index is -0.177. The molecule has 3 rings (SSSR count). The summed E-state index contributed by atoms with van der Waals surface area (Å²) in [6.07, 6.45) is 2.24. The van der Waals surface area contributed by atoms with Gasteiger partial charge in [-0.25, -0.2) is 4.39 Å². The Morgan fingerprint density at radius 3 is 2.78 bits per heavy atom. The van der Waals surface area contributed by atoms with Gasteiger partial charge in [-0.1, -0.05) is 0 Å². The lowest BCUT2D eigenvalue weighted by molar-refractivity contribution is 0.462. The molecule has 18 heavy (non-hydrogen) atoms. The lowest BCUT2D eigenvalue weighted by Crippen LogP contribution is -2.26. The van der Waals surface area contributed by atoms with Gasteiger partial charge >= 0.3 is 0 Å². The second-order valence-electron chi connectivity index (χ2n) is 5.04. The maximum atomic E-state index is 13.4. The van der Waals surface area contributed by atoms with Crippen LogP contribution < -0.4 is 5.32 Å². The van der Waals surface area contributed by atoms with Crippen molar-refractivity contribution in [2.45, 2.75) is 25.7 Å². The van der Waals surface area contributed by atoms with E-state index in [2.05, 4.69) is 16.4 Å². The van der Waals surface area contributed by atoms with Gasteiger partial charge < -0.3 is 5.32 Å². The highest BCUT2D eigenvalue weighted by molar-refractivity contribution is 5.83. The zero-order valence-electron chi connectivity index (χ0n) is 10.5. The first-order chi connectivity index (χ1) is 8.74. The Labute approximate surface area is 106 Å². The molecule has 1 aliphatic heterocycles. The molecule has 3 heteroatoms. The Morgan fingerprint density at radius 1 is 1.22 bits per heavy atom. The van der Waals surface area contributed by atoms with Crippen molar-refractivity contribution < 1.29 is 4.39 Å². The van der Waals surface area contributed by atoms with Crippen molar-refractivity contribution in [3.63, 3.8) is 0 Å². The highest BCUT2D eigenvalue weighted by Crippen LogP contribution is 2.31. The van der Waals surface area contributed by atoms with Crippen LogP contribution in [0.1, 0.15) is 30.0 Å². The lowest BCUT2D eigenvalue weighted by atomic mass is 9.87. The topological polar surface area (TPSA) is 24.9 Å². The van der Waals surface area contributed by atoms with Gasteiger partial charge in [0, 0.05) is 11.1 Å². The van der Waals surface area contributed by atoms with Gasteiger partial charge in [-0.15, -0.1) is 0 Å². The normalized spacial score (nSPS) is 17.2. The van der Waals surface area contributed by atoms with E-state index in [-0.39, 0.29) is 5.82 Å². The van der Waals surface area contributed by atoms with Crippen LogP contribution in [0.2, 0.25) is 0 Å². The van der Waals surface area contributed by atoms with Crippen molar-refractivity contribution in [2.75, 3.05) is 13.1 Å². The summed E-state index contributed by atoms with van der Waals surface area (Å²) in [5, 5.41) is 4.35. The van der Waals surface area contributed by atoms with Crippen molar-refractivity contribution in [1.82, 2.24) is 10.3 Å². The summed E-state index contributed by atoms with van der Waals surface area (Å²) in [6, 6.07) is 7.01. The highest BCUT2D eigenvalue weighted by Gasteiger charge is 2.18. The molecule has 0 saturated carbocycles. The van der Waals surface area contributed by atoms with E-state index in [1.807, 2.05) is 6.92 Å². The summed E-state index contributed by atoms with van der Waals surface area (Å²) in [5.41, 5.74) is 3.19. The van der Waals surface area contributed by atoms with Crippen LogP contribution in [0, 0.1) is 12.7 Å². The number of nitrogens with one attached hydrogen (secondary N) is 1. The number of benzene rings is 1. The van der Waals surface area contributed by atoms with Crippen LogP contribution >= 0.6 is 0 Å². The van der Waals surface area contributed by atoms with Gasteiger partial charge in [0.25, 0.3) is 0 Å². The number of hydrogen-bond acceptors (Lipinski definition) is 2. The minimum absolute atomic E-state index is 0.177. The van der Waals surface area contributed by atoms with Gasteiger partial charge in [0.2, 0.25) is 0 Å². The first kappa shape index (κ1) is 11.6. The van der Waals surface area contributed by atoms with Crippen LogP contribution in [0.15, 0.2) is 24.3 Å². The van der Waals surface area contributed by atoms with Crippen molar-refractivity contribution in [3.8, 4) is 0 Å². The first-order valence-corrected chi connectivity index (χ1v) is 6.51. The third-order valence-corrected chi connectivity index (χ3v) is 3.71. The molecule has 2 heterocycles. The third kappa shape index (κ3) is 2.10. The molecule has 0 bridgehead atoms. The molecule has 1 fully saturated rings. The third-order valence-electron chi connectivity index (χ3n) is 3.71. The maximum absolute atomic E-state index is 13.4. The molecule has 0 atom stereocenters. The zero-order valence-corrected chi connectivity index (χ0v) is 10.5. The predicted molar refractivity (Wildman–Crippen MR) is 71.3 cm³/mol. The summed E-state index contributed by atoms with van der Waals surface area (Å²) in [5.74, 6) is 0.348. The molecular formula is C15H17FN2. The van der Waals surface area contributed by atoms with E-state index in [0.29, 0.717) is 5.92 Å². The van der Waals surface area contributed by atoms with Gasteiger partial charge in [0.1, 0.15) is 5.82 Å². The number of hydrogen-bond donors (Lipinski definition) is 1. The molecule has 1 aromatic carbocycles. The van der Waals surface area contributed by atoms with Crippen LogP contribution in [0.4, 0.5) is 4.39 Å². The highest BCUT2D eigenvalue weighted by atomic mass is 19.1. The van der Waals surface area contributed by atoms with Crippen LogP contribution in [-0.2, 0) is 0 Å². The molecule has 94 valence electrons. The summed E-state index contributed by atoms with van der Waals surface area (Å²) >= 11 is 0. The second-order valence-corrected chi connectivity index (χ2v) is 5.04. The molecule has 2 nitrogen and oxygen atoms in total. The number of piperidine rings is 1. The van der Waals surface area contributed by atoms with Crippen molar-refractivity contribution in [1.29, 1.82) is 0 Å². The Balaban J connectivity index is 2.16. The monoisotopic (exact) mass is 244 g/mol. The van der Waals surface area contributed by atoms with Crippen LogP contribution in [0.5, 0.6) is 0 Å². The van der Waals surface area contributed by atoms with Crippen molar-refractivity contribution in [2.24, 2.45) is 0 Å². The summed E-state index contributed by atoms with van der Waals surface area (Å²) < 4.78 is 13.4. The molecule has 0 amide bonds. The fourth-order valence-corrected chi connectivity index (χ4v) is 2.83. The number of aromatic nitrogens is 1. The largest absolute Gasteiger partial charge is 0.317 e. The Bertz CT molecular complexity index is 574. The van der Waals surface area contributed by atoms with Crippen molar-refractivity contribution >= 4 is 10.9 Å². The van der Waals surface area contributed by atoms with E-state index >= 15 is 0 Å². The van der Waals surface area contributed by atoms with E-state index in [4.69, 9.17) is 0 Å². The molecular weight excluding hydrogens is 227 g/mol. The average Bonchev–Trinajstić information content (AvgIpc) is 2.39. The molecule has 0 spiro atoms. The minimum Gasteiger partial charge on any atom is -0.317 e. The first-order valence-electron chi connectivity index (χ1n) is 6.51. The van der Waals surface area contributed by atoms with Crippen LogP contribution in [0.3, 0.4) is 0 Å². The standard InChI is InChI=1S/C15H17FN2/c1-10-8-13(11-4-6-17-7-5-11)14-9-12(16)2-3-15(14)18-10/h2-3,8-9,11,17H,4-7H2,1H3. The van der Waals surface area contributed by atoms with E-state index in [0.717, 1.165) is 42.5 Å². The Hall–Kier alpha value is -1.48. The fourth-order valence-electron chi connectivity index (χ4n) is 2.83. The van der Waals surface area contributed by atoms with E-state index in [1.165, 1.54) is 11.6 Å². The number of rotatable bonds is 1. The fraction of sp³-hybridized carbons (Fsp3) is 0.400. The SMILES string of the molecule is Cc1cc(C2CCNCC2)c2cc(F)ccc2n1. The molecule has 1 aromatic heterocycles. The van der Waals surface area contributed by atoms with Crippen LogP contribution in [-0.4, -0.2) is 18.1 Å². The second kappa shape index (κ2) is 4.65. The summed E-state index contributed by atoms with van der Waals surface area (Å²) in [4.78, 5) is 4.49. The van der Waals surface area contributed by atoms with E-state index < -0.39 is 0 Å². The Morgan fingerprint density at radius 2 is 2.00 bits per heavy atom. The molecule has 0 aliphatic carbocycles. The molecule has 1 saturated heterocycles. The molecule has 2 aromatic rings. The number of nitrogens with zero attached hydrogens (tertiary/aromatic N) is 1. The maximum Gasteiger partial charge on any atom is 0.123 e. The molecule has 0 unspecified atom stereocenters. The Kier molecular flexibility index (Phi) is 3.00. The average molecular weight is 244 g/mol. The van der Waals surface area contributed by atoms with Crippen LogP contribution in [0.25, 0.3) is 10.9 Å². The number of fused-ring (bicyclic) bond motifs is 1. The van der Waals surface area contributed by atoms with Crippen molar-refractivity contribution in [3.05, 3.63) is 41.3 Å². The number of halogens is 1. The van der Waals surface area contributed by atoms with Gasteiger partial charge in [0.15, 0.2) is 0 Å². The van der Waals surface area contributed by atoms with Gasteiger partial charge in [-0.2, -0.15) is 0 Å². The zero-order chi connectivity index (χ0) is 12.5. The predicted octanol–water partition coefficient (Wildman–Crippen LogP) is 3.15. The smallest absolute Gasteiger partial charge is 0.123 e. The van der Waals surface area contributed by atoms with E-state index in [9.17, 15) is 4.39 Å². The van der Waals surface area contributed by atoms with Gasteiger partial charge in [0.05, 0.1) is 5.52 Å². The molecule has 1 N–H and O–H groups in total. The van der Waals surface area contributed by atoms with E-state index in [1.54, 1.807) is 12.1 Å². The quantitative estimate of drug-likeness (QED) is 0.833. The summed E-state index contributed by atoms with van der Waals surface area (Å²) in [7, 11) is 0. The van der Waals surface area contributed by atoms with Gasteiger partial charge in [-0.05, 0) is 68.6 Å².